The van der Waals surface area contributed by atoms with Crippen LogP contribution in [-0.2, 0) is 14.8 Å². The van der Waals surface area contributed by atoms with Gasteiger partial charge in [-0.05, 0) is 49.6 Å². The van der Waals surface area contributed by atoms with Crippen molar-refractivity contribution < 1.29 is 37.9 Å². The Bertz CT molecular complexity index is 1510. The number of carboxylic acids is 2. The number of nitrogens with zero attached hydrogens (tertiary/aromatic N) is 2. The molecule has 0 unspecified atom stereocenters. The summed E-state index contributed by atoms with van der Waals surface area (Å²) in [4.78, 5) is 33.5. The second kappa shape index (κ2) is 11.4. The molecule has 12 nitrogen and oxygen atoms in total. The number of thiophene rings is 1. The van der Waals surface area contributed by atoms with Gasteiger partial charge in [0, 0.05) is 47.4 Å². The van der Waals surface area contributed by atoms with Crippen molar-refractivity contribution in [1.29, 1.82) is 0 Å². The Balaban J connectivity index is 1.45. The van der Waals surface area contributed by atoms with E-state index in [9.17, 15) is 33.2 Å². The van der Waals surface area contributed by atoms with Gasteiger partial charge in [0.15, 0.2) is 11.5 Å². The number of nitro benzene ring substituents is 1. The van der Waals surface area contributed by atoms with E-state index >= 15 is 0 Å². The molecular weight excluding hydrogens is 550 g/mol. The normalized spacial score (nSPS) is 14.6. The summed E-state index contributed by atoms with van der Waals surface area (Å²) in [5, 5.41) is 32.8. The molecule has 0 spiro atoms. The first-order valence-electron chi connectivity index (χ1n) is 11.8. The molecule has 1 aliphatic rings. The molecule has 1 aliphatic heterocycles. The number of ether oxygens (including phenoxy) is 1. The van der Waals surface area contributed by atoms with E-state index in [4.69, 9.17) is 9.84 Å². The van der Waals surface area contributed by atoms with E-state index in [0.29, 0.717) is 23.3 Å². The Kier molecular flexibility index (Phi) is 8.18. The topological polar surface area (TPSA) is 176 Å². The van der Waals surface area contributed by atoms with Crippen LogP contribution in [0.1, 0.15) is 28.1 Å². The van der Waals surface area contributed by atoms with Crippen molar-refractivity contribution in [3.05, 3.63) is 69.1 Å². The van der Waals surface area contributed by atoms with E-state index in [1.54, 1.807) is 6.92 Å². The summed E-state index contributed by atoms with van der Waals surface area (Å²) in [7, 11) is -3.78. The summed E-state index contributed by atoms with van der Waals surface area (Å²) in [6, 6.07) is 12.1. The number of hydrogen-bond acceptors (Lipinski definition) is 9. The van der Waals surface area contributed by atoms with E-state index in [1.807, 2.05) is 24.3 Å². The third-order valence-corrected chi connectivity index (χ3v) is 9.48. The SMILES string of the molecule is Cc1c(-c2cccc(NC3CCN(S(=O)(=O)c4ccc([N+](=O)[O-])cc4)CC3)c2)sc(C(=O)O)c1OCC(=O)O. The fraction of sp³-hybridized carbons (Fsp3) is 0.280. The molecular formula is C25H25N3O9S2. The summed E-state index contributed by atoms with van der Waals surface area (Å²) < 4.78 is 32.6. The highest BCUT2D eigenvalue weighted by Gasteiger charge is 2.30. The number of anilines is 1. The smallest absolute Gasteiger partial charge is 0.349 e. The van der Waals surface area contributed by atoms with Crippen LogP contribution in [0.3, 0.4) is 0 Å². The molecule has 1 aromatic heterocycles. The second-order valence-corrected chi connectivity index (χ2v) is 11.8. The van der Waals surface area contributed by atoms with Crippen LogP contribution in [-0.4, -0.2) is 65.5 Å². The maximum absolute atomic E-state index is 13.0. The van der Waals surface area contributed by atoms with Crippen LogP contribution in [0.25, 0.3) is 10.4 Å². The van der Waals surface area contributed by atoms with E-state index in [1.165, 1.54) is 28.6 Å². The minimum atomic E-state index is -3.78. The minimum absolute atomic E-state index is 0.00552. The first-order valence-corrected chi connectivity index (χ1v) is 14.1. The van der Waals surface area contributed by atoms with E-state index in [0.717, 1.165) is 22.6 Å². The van der Waals surface area contributed by atoms with Crippen LogP contribution in [0.2, 0.25) is 0 Å². The predicted octanol–water partition coefficient (Wildman–Crippen LogP) is 4.06. The number of nitro groups is 1. The van der Waals surface area contributed by atoms with E-state index in [2.05, 4.69) is 5.32 Å². The third-order valence-electron chi connectivity index (χ3n) is 6.26. The summed E-state index contributed by atoms with van der Waals surface area (Å²) in [6.45, 7) is 1.56. The van der Waals surface area contributed by atoms with Crippen molar-refractivity contribution in [3.63, 3.8) is 0 Å². The molecule has 0 aliphatic carbocycles. The number of hydrogen-bond donors (Lipinski definition) is 3. The zero-order chi connectivity index (χ0) is 28.3. The number of aliphatic carboxylic acids is 1. The summed E-state index contributed by atoms with van der Waals surface area (Å²) in [6.07, 6.45) is 1.07. The van der Waals surface area contributed by atoms with Crippen molar-refractivity contribution in [1.82, 2.24) is 4.31 Å². The Morgan fingerprint density at radius 1 is 1.15 bits per heavy atom. The average Bonchev–Trinajstić information content (AvgIpc) is 3.24. The first kappa shape index (κ1) is 28.0. The average molecular weight is 576 g/mol. The molecule has 14 heteroatoms. The van der Waals surface area contributed by atoms with Gasteiger partial charge in [0.25, 0.3) is 5.69 Å². The molecule has 3 aromatic rings. The van der Waals surface area contributed by atoms with Crippen LogP contribution >= 0.6 is 11.3 Å². The second-order valence-electron chi connectivity index (χ2n) is 8.86. The zero-order valence-electron chi connectivity index (χ0n) is 20.7. The molecule has 0 amide bonds. The first-order chi connectivity index (χ1) is 18.5. The Hall–Kier alpha value is -4.01. The van der Waals surface area contributed by atoms with Crippen LogP contribution in [0.4, 0.5) is 11.4 Å². The number of non-ortho nitro benzene ring substituents is 1. The monoisotopic (exact) mass is 575 g/mol. The summed E-state index contributed by atoms with van der Waals surface area (Å²) >= 11 is 1.00. The van der Waals surface area contributed by atoms with Crippen molar-refractivity contribution in [2.24, 2.45) is 0 Å². The van der Waals surface area contributed by atoms with Crippen molar-refractivity contribution in [3.8, 4) is 16.2 Å². The van der Waals surface area contributed by atoms with Gasteiger partial charge in [-0.2, -0.15) is 4.31 Å². The number of aromatic carboxylic acids is 1. The molecule has 39 heavy (non-hydrogen) atoms. The summed E-state index contributed by atoms with van der Waals surface area (Å²) in [5.41, 5.74) is 1.84. The molecule has 1 fully saturated rings. The fourth-order valence-electron chi connectivity index (χ4n) is 4.34. The molecule has 2 aromatic carbocycles. The minimum Gasteiger partial charge on any atom is -0.480 e. The molecule has 0 saturated carbocycles. The van der Waals surface area contributed by atoms with Gasteiger partial charge < -0.3 is 20.3 Å². The van der Waals surface area contributed by atoms with Gasteiger partial charge in [-0.25, -0.2) is 18.0 Å². The Morgan fingerprint density at radius 3 is 2.41 bits per heavy atom. The highest BCUT2D eigenvalue weighted by atomic mass is 32.2. The number of piperidine rings is 1. The Morgan fingerprint density at radius 2 is 1.82 bits per heavy atom. The molecule has 1 saturated heterocycles. The van der Waals surface area contributed by atoms with Crippen molar-refractivity contribution in [2.75, 3.05) is 25.0 Å². The standard InChI is InChI=1S/C25H25N3O9S2/c1-15-22(37-14-21(29)30)24(25(31)32)38-23(15)16-3-2-4-18(13-16)26-17-9-11-27(12-10-17)39(35,36)20-7-5-19(6-8-20)28(33)34/h2-8,13,17,26H,9-12,14H2,1H3,(H,29,30)(H,31,32). The van der Waals surface area contributed by atoms with Crippen molar-refractivity contribution >= 4 is 44.7 Å². The number of rotatable bonds is 10. The number of carboxylic acid groups (broad SMARTS) is 2. The van der Waals surface area contributed by atoms with Crippen LogP contribution in [0.5, 0.6) is 5.75 Å². The van der Waals surface area contributed by atoms with E-state index < -0.39 is 33.5 Å². The molecule has 0 bridgehead atoms. The number of carbonyl (C=O) groups is 2. The molecule has 0 atom stereocenters. The molecule has 0 radical (unpaired) electrons. The van der Waals surface area contributed by atoms with Crippen LogP contribution in [0, 0.1) is 17.0 Å². The highest BCUT2D eigenvalue weighted by molar-refractivity contribution is 7.89. The number of nitrogens with one attached hydrogen (secondary N) is 1. The quantitative estimate of drug-likeness (QED) is 0.236. The fourth-order valence-corrected chi connectivity index (χ4v) is 6.89. The lowest BCUT2D eigenvalue weighted by atomic mass is 10.0. The van der Waals surface area contributed by atoms with E-state index in [-0.39, 0.29) is 40.3 Å². The maximum Gasteiger partial charge on any atom is 0.349 e. The van der Waals surface area contributed by atoms with Gasteiger partial charge in [0.1, 0.15) is 5.75 Å². The van der Waals surface area contributed by atoms with Crippen LogP contribution < -0.4 is 10.1 Å². The lowest BCUT2D eigenvalue weighted by Crippen LogP contribution is -2.42. The van der Waals surface area contributed by atoms with Gasteiger partial charge in [-0.1, -0.05) is 12.1 Å². The van der Waals surface area contributed by atoms with Gasteiger partial charge in [-0.15, -0.1) is 11.3 Å². The molecule has 3 N–H and O–H groups in total. The van der Waals surface area contributed by atoms with Gasteiger partial charge in [0.2, 0.25) is 10.0 Å². The molecule has 4 rings (SSSR count). The van der Waals surface area contributed by atoms with Gasteiger partial charge in [0.05, 0.1) is 9.82 Å². The van der Waals surface area contributed by atoms with Gasteiger partial charge in [-0.3, -0.25) is 10.1 Å². The third kappa shape index (κ3) is 6.19. The van der Waals surface area contributed by atoms with Crippen molar-refractivity contribution in [2.45, 2.75) is 30.7 Å². The number of sulfonamides is 1. The molecule has 206 valence electrons. The largest absolute Gasteiger partial charge is 0.480 e. The zero-order valence-corrected chi connectivity index (χ0v) is 22.3. The lowest BCUT2D eigenvalue weighted by molar-refractivity contribution is -0.384. The highest BCUT2D eigenvalue weighted by Crippen LogP contribution is 2.42. The Labute approximate surface area is 227 Å². The predicted molar refractivity (Wildman–Crippen MR) is 143 cm³/mol. The molecule has 2 heterocycles. The lowest BCUT2D eigenvalue weighted by Gasteiger charge is -2.32. The van der Waals surface area contributed by atoms with Crippen LogP contribution in [0.15, 0.2) is 53.4 Å². The summed E-state index contributed by atoms with van der Waals surface area (Å²) in [5.74, 6) is -2.39. The maximum atomic E-state index is 13.0. The number of benzene rings is 2. The van der Waals surface area contributed by atoms with Gasteiger partial charge >= 0.3 is 11.9 Å².